The lowest BCUT2D eigenvalue weighted by Crippen LogP contribution is -2.40. The maximum absolute atomic E-state index is 12.0. The fourth-order valence-corrected chi connectivity index (χ4v) is 3.80. The van der Waals surface area contributed by atoms with Crippen LogP contribution in [0.15, 0.2) is 42.5 Å². The summed E-state index contributed by atoms with van der Waals surface area (Å²) in [4.78, 5) is 12.0. The molecule has 4 nitrogen and oxygen atoms in total. The van der Waals surface area contributed by atoms with Gasteiger partial charge in [0.1, 0.15) is 6.61 Å². The first-order valence-corrected chi connectivity index (χ1v) is 7.81. The Bertz CT molecular complexity index is 575. The fraction of sp³-hybridized carbons (Fsp3) is 0.357. The minimum absolute atomic E-state index is 0.0948. The van der Waals surface area contributed by atoms with Gasteiger partial charge in [-0.1, -0.05) is 49.4 Å². The first-order valence-electron chi connectivity index (χ1n) is 6.09. The maximum atomic E-state index is 12.0. The minimum atomic E-state index is -3.44. The van der Waals surface area contributed by atoms with E-state index in [0.29, 0.717) is 0 Å². The van der Waals surface area contributed by atoms with Gasteiger partial charge in [-0.15, -0.1) is 0 Å². The van der Waals surface area contributed by atoms with Crippen molar-refractivity contribution in [3.05, 3.63) is 48.0 Å². The normalized spacial score (nSPS) is 24.9. The Balaban J connectivity index is 2.05. The van der Waals surface area contributed by atoms with E-state index in [1.807, 2.05) is 30.3 Å². The Morgan fingerprint density at radius 1 is 1.32 bits per heavy atom. The highest BCUT2D eigenvalue weighted by Gasteiger charge is 2.39. The predicted molar refractivity (Wildman–Crippen MR) is 72.1 cm³/mol. The molecule has 1 aliphatic rings. The molecule has 0 unspecified atom stereocenters. The summed E-state index contributed by atoms with van der Waals surface area (Å²) in [7, 11) is -3.44. The third-order valence-electron chi connectivity index (χ3n) is 3.09. The van der Waals surface area contributed by atoms with Crippen LogP contribution in [0.25, 0.3) is 0 Å². The molecule has 2 atom stereocenters. The van der Waals surface area contributed by atoms with Gasteiger partial charge in [0, 0.05) is 5.92 Å². The molecule has 5 heteroatoms. The van der Waals surface area contributed by atoms with Gasteiger partial charge in [0.15, 0.2) is 15.1 Å². The number of allylic oxidation sites excluding steroid dienone is 1. The molecule has 2 rings (SSSR count). The molecule has 0 N–H and O–H groups in total. The first kappa shape index (κ1) is 13.8. The zero-order valence-electron chi connectivity index (χ0n) is 10.7. The zero-order valence-corrected chi connectivity index (χ0v) is 11.5. The lowest BCUT2D eigenvalue weighted by atomic mass is 10.1. The van der Waals surface area contributed by atoms with Crippen LogP contribution in [0.4, 0.5) is 0 Å². The SMILES string of the molecule is C[C@@H]1C=CCS(=O)(=O)[C@@H]1C(=O)OCc1ccccc1. The highest BCUT2D eigenvalue weighted by atomic mass is 32.2. The van der Waals surface area contributed by atoms with Gasteiger partial charge in [0.25, 0.3) is 0 Å². The molecule has 19 heavy (non-hydrogen) atoms. The van der Waals surface area contributed by atoms with Gasteiger partial charge >= 0.3 is 5.97 Å². The number of esters is 1. The molecule has 0 amide bonds. The average Bonchev–Trinajstić information content (AvgIpc) is 2.36. The molecule has 1 heterocycles. The van der Waals surface area contributed by atoms with Gasteiger partial charge < -0.3 is 4.74 Å². The van der Waals surface area contributed by atoms with Gasteiger partial charge in [0.05, 0.1) is 5.75 Å². The van der Waals surface area contributed by atoms with Crippen LogP contribution in [0, 0.1) is 5.92 Å². The van der Waals surface area contributed by atoms with E-state index in [9.17, 15) is 13.2 Å². The van der Waals surface area contributed by atoms with Crippen LogP contribution < -0.4 is 0 Å². The zero-order chi connectivity index (χ0) is 13.9. The Morgan fingerprint density at radius 3 is 2.63 bits per heavy atom. The Kier molecular flexibility index (Phi) is 4.04. The number of sulfone groups is 1. The van der Waals surface area contributed by atoms with E-state index in [1.54, 1.807) is 19.1 Å². The van der Waals surface area contributed by atoms with Crippen LogP contribution in [0.1, 0.15) is 12.5 Å². The smallest absolute Gasteiger partial charge is 0.325 e. The monoisotopic (exact) mass is 280 g/mol. The standard InChI is InChI=1S/C14H16O4S/c1-11-6-5-9-19(16,17)13(11)14(15)18-10-12-7-3-2-4-8-12/h2-8,11,13H,9-10H2,1H3/t11-,13+/m1/s1. The molecule has 0 fully saturated rings. The number of carbonyl (C=O) groups is 1. The second-order valence-electron chi connectivity index (χ2n) is 4.63. The van der Waals surface area contributed by atoms with Crippen molar-refractivity contribution in [1.82, 2.24) is 0 Å². The van der Waals surface area contributed by atoms with Crippen LogP contribution in [-0.2, 0) is 26.0 Å². The number of hydrogen-bond acceptors (Lipinski definition) is 4. The number of carbonyl (C=O) groups excluding carboxylic acids is 1. The van der Waals surface area contributed by atoms with Gasteiger partial charge in [0.2, 0.25) is 0 Å². The van der Waals surface area contributed by atoms with Crippen molar-refractivity contribution >= 4 is 15.8 Å². The molecule has 0 radical (unpaired) electrons. The second kappa shape index (κ2) is 5.57. The quantitative estimate of drug-likeness (QED) is 0.625. The van der Waals surface area contributed by atoms with Crippen molar-refractivity contribution in [3.8, 4) is 0 Å². The highest BCUT2D eigenvalue weighted by Crippen LogP contribution is 2.22. The van der Waals surface area contributed by atoms with Crippen LogP contribution in [-0.4, -0.2) is 25.4 Å². The van der Waals surface area contributed by atoms with Crippen molar-refractivity contribution in [2.75, 3.05) is 5.75 Å². The van der Waals surface area contributed by atoms with Gasteiger partial charge in [-0.25, -0.2) is 8.42 Å². The molecule has 0 saturated carbocycles. The number of benzene rings is 1. The van der Waals surface area contributed by atoms with Crippen molar-refractivity contribution in [3.63, 3.8) is 0 Å². The van der Waals surface area contributed by atoms with E-state index < -0.39 is 21.1 Å². The summed E-state index contributed by atoms with van der Waals surface area (Å²) >= 11 is 0. The predicted octanol–water partition coefficient (Wildman–Crippen LogP) is 1.72. The van der Waals surface area contributed by atoms with Gasteiger partial charge in [-0.05, 0) is 5.56 Å². The first-order chi connectivity index (χ1) is 9.00. The molecule has 1 aliphatic heterocycles. The number of ether oxygens (including phenoxy) is 1. The molecule has 0 aliphatic carbocycles. The molecule has 0 bridgehead atoms. The summed E-state index contributed by atoms with van der Waals surface area (Å²) in [5.74, 6) is -1.11. The summed E-state index contributed by atoms with van der Waals surface area (Å²) in [6.45, 7) is 1.81. The topological polar surface area (TPSA) is 60.4 Å². The lowest BCUT2D eigenvalue weighted by Gasteiger charge is -2.22. The van der Waals surface area contributed by atoms with Gasteiger partial charge in [-0.2, -0.15) is 0 Å². The molecule has 0 saturated heterocycles. The summed E-state index contributed by atoms with van der Waals surface area (Å²) in [6.07, 6.45) is 3.33. The molecule has 1 aromatic carbocycles. The molecular formula is C14H16O4S. The Morgan fingerprint density at radius 2 is 2.00 bits per heavy atom. The van der Waals surface area contributed by atoms with Crippen LogP contribution in [0.3, 0.4) is 0 Å². The van der Waals surface area contributed by atoms with Gasteiger partial charge in [-0.3, -0.25) is 4.79 Å². The average molecular weight is 280 g/mol. The van der Waals surface area contributed by atoms with Crippen LogP contribution in [0.5, 0.6) is 0 Å². The highest BCUT2D eigenvalue weighted by molar-refractivity contribution is 7.93. The van der Waals surface area contributed by atoms with Crippen LogP contribution >= 0.6 is 0 Å². The molecule has 0 aromatic heterocycles. The van der Waals surface area contributed by atoms with Crippen molar-refractivity contribution < 1.29 is 17.9 Å². The van der Waals surface area contributed by atoms with E-state index in [4.69, 9.17) is 4.74 Å². The third-order valence-corrected chi connectivity index (χ3v) is 5.14. The summed E-state index contributed by atoms with van der Waals surface area (Å²) in [5.41, 5.74) is 0.840. The summed E-state index contributed by atoms with van der Waals surface area (Å²) in [5, 5.41) is -1.08. The van der Waals surface area contributed by atoms with Crippen LogP contribution in [0.2, 0.25) is 0 Å². The molecular weight excluding hydrogens is 264 g/mol. The van der Waals surface area contributed by atoms with E-state index >= 15 is 0 Å². The van der Waals surface area contributed by atoms with E-state index in [-0.39, 0.29) is 18.3 Å². The molecule has 102 valence electrons. The van der Waals surface area contributed by atoms with Crippen molar-refractivity contribution in [1.29, 1.82) is 0 Å². The third kappa shape index (κ3) is 3.23. The van der Waals surface area contributed by atoms with E-state index in [2.05, 4.69) is 0 Å². The van der Waals surface area contributed by atoms with Crippen molar-refractivity contribution in [2.45, 2.75) is 18.8 Å². The summed E-state index contributed by atoms with van der Waals surface area (Å²) < 4.78 is 28.9. The van der Waals surface area contributed by atoms with Crippen molar-refractivity contribution in [2.24, 2.45) is 5.92 Å². The Labute approximate surface area is 113 Å². The largest absolute Gasteiger partial charge is 0.460 e. The second-order valence-corrected chi connectivity index (χ2v) is 6.80. The lowest BCUT2D eigenvalue weighted by molar-refractivity contribution is -0.145. The molecule has 0 spiro atoms. The van der Waals surface area contributed by atoms with E-state index in [0.717, 1.165) is 5.56 Å². The minimum Gasteiger partial charge on any atom is -0.460 e. The summed E-state index contributed by atoms with van der Waals surface area (Å²) in [6, 6.07) is 9.19. The number of hydrogen-bond donors (Lipinski definition) is 0. The Hall–Kier alpha value is -1.62. The molecule has 1 aromatic rings. The fourth-order valence-electron chi connectivity index (χ4n) is 2.11. The van der Waals surface area contributed by atoms with E-state index in [1.165, 1.54) is 0 Å². The maximum Gasteiger partial charge on any atom is 0.325 e. The number of rotatable bonds is 3.